The number of aliphatic hydroxyl groups excluding tert-OH is 3. The largest absolute Gasteiger partial charge is 0.479 e. The van der Waals surface area contributed by atoms with Gasteiger partial charge in [-0.05, 0) is 31.5 Å². The summed E-state index contributed by atoms with van der Waals surface area (Å²) >= 11 is 0. The average molecular weight is 750 g/mol. The van der Waals surface area contributed by atoms with E-state index in [1.54, 1.807) is 23.8 Å². The molecule has 0 bridgehead atoms. The third-order valence-electron chi connectivity index (χ3n) is 8.28. The Morgan fingerprint density at radius 1 is 1.12 bits per heavy atom. The van der Waals surface area contributed by atoms with Crippen LogP contribution in [0.3, 0.4) is 0 Å². The lowest BCUT2D eigenvalue weighted by molar-refractivity contribution is -0.290. The summed E-state index contributed by atoms with van der Waals surface area (Å²) in [7, 11) is -4.83. The monoisotopic (exact) mass is 749 g/mol. The fourth-order valence-corrected chi connectivity index (χ4v) is 6.04. The van der Waals surface area contributed by atoms with Gasteiger partial charge in [-0.1, -0.05) is 6.92 Å². The molecular formula is C28H34F3N7O12S. The summed E-state index contributed by atoms with van der Waals surface area (Å²) in [6, 6.07) is 4.57. The minimum atomic E-state index is -4.83. The molecule has 5 heterocycles. The van der Waals surface area contributed by atoms with Crippen LogP contribution in [-0.4, -0.2) is 126 Å². The standard InChI is InChI=1S/C28H34F3N7O12S/c1-3-27(2,26(44)34-11-28(29,30)31)36-15-6-8-32-21(35-15)13-10-38(22-12(13)5-4-7-33-22)23-18(41)19(20(49-23)24(42)43)50-25-17(40)14(39)9-16(48-25)37-51(45,46)47/h4-8,10,14,16-20,23,25,37,39-41H,3,9,11H2,1-2H3,(H,34,44)(H,42,43)(H,32,35,36)(H,45,46,47)/t14-,16+,17-,18-,19-,20?,23?,25-,27?/m1/s1. The van der Waals surface area contributed by atoms with E-state index in [1.165, 1.54) is 36.1 Å². The van der Waals surface area contributed by atoms with Gasteiger partial charge in [0.2, 0.25) is 5.91 Å². The van der Waals surface area contributed by atoms with Crippen LogP contribution in [0.25, 0.3) is 22.4 Å². The van der Waals surface area contributed by atoms with E-state index in [1.807, 2.05) is 5.32 Å². The van der Waals surface area contributed by atoms with Gasteiger partial charge in [-0.15, -0.1) is 0 Å². The number of nitrogens with one attached hydrogen (secondary N) is 3. The Kier molecular flexibility index (Phi) is 10.9. The first kappa shape index (κ1) is 38.2. The van der Waals surface area contributed by atoms with Crippen molar-refractivity contribution in [1.82, 2.24) is 29.6 Å². The molecule has 2 saturated heterocycles. The number of hydrogen-bond acceptors (Lipinski definition) is 14. The molecule has 0 saturated carbocycles. The van der Waals surface area contributed by atoms with Crippen LogP contribution in [0, 0.1) is 0 Å². The number of carboxylic acids is 1. The number of hydrogen-bond donors (Lipinski definition) is 8. The molecule has 5 rings (SSSR count). The van der Waals surface area contributed by atoms with Crippen LogP contribution in [0.1, 0.15) is 32.9 Å². The number of alkyl halides is 3. The zero-order valence-corrected chi connectivity index (χ0v) is 27.4. The number of aliphatic hydroxyl groups is 3. The molecule has 2 aliphatic rings. The highest BCUT2D eigenvalue weighted by Crippen LogP contribution is 2.38. The number of halogens is 3. The molecule has 3 aromatic rings. The van der Waals surface area contributed by atoms with Gasteiger partial charge in [-0.3, -0.25) is 9.35 Å². The highest BCUT2D eigenvalue weighted by Gasteiger charge is 2.52. The van der Waals surface area contributed by atoms with Crippen molar-refractivity contribution in [3.05, 3.63) is 36.8 Å². The number of nitrogens with zero attached hydrogens (tertiary/aromatic N) is 4. The minimum absolute atomic E-state index is 0.0334. The van der Waals surface area contributed by atoms with Crippen molar-refractivity contribution >= 4 is 39.0 Å². The van der Waals surface area contributed by atoms with E-state index >= 15 is 0 Å². The summed E-state index contributed by atoms with van der Waals surface area (Å²) in [6.45, 7) is 1.46. The van der Waals surface area contributed by atoms with Gasteiger partial charge in [0.15, 0.2) is 24.4 Å². The van der Waals surface area contributed by atoms with Crippen LogP contribution >= 0.6 is 0 Å². The summed E-state index contributed by atoms with van der Waals surface area (Å²) in [6.07, 6.45) is -15.0. The lowest BCUT2D eigenvalue weighted by Crippen LogP contribution is -2.56. The van der Waals surface area contributed by atoms with Gasteiger partial charge in [0.05, 0.1) is 6.10 Å². The summed E-state index contributed by atoms with van der Waals surface area (Å²) in [4.78, 5) is 38.0. The molecule has 0 radical (unpaired) electrons. The van der Waals surface area contributed by atoms with Crippen molar-refractivity contribution in [2.24, 2.45) is 0 Å². The summed E-state index contributed by atoms with van der Waals surface area (Å²) in [5.41, 5.74) is -1.08. The van der Waals surface area contributed by atoms with Crippen LogP contribution in [0.15, 0.2) is 36.8 Å². The van der Waals surface area contributed by atoms with Crippen LogP contribution in [0.5, 0.6) is 0 Å². The first-order valence-corrected chi connectivity index (χ1v) is 16.6. The van der Waals surface area contributed by atoms with E-state index in [9.17, 15) is 51.6 Å². The normalized spacial score (nSPS) is 28.3. The summed E-state index contributed by atoms with van der Waals surface area (Å²) in [5, 5.41) is 47.1. The van der Waals surface area contributed by atoms with Crippen molar-refractivity contribution in [2.45, 2.75) is 87.7 Å². The topological polar surface area (TPSA) is 277 Å². The van der Waals surface area contributed by atoms with Crippen LogP contribution < -0.4 is 15.4 Å². The van der Waals surface area contributed by atoms with Gasteiger partial charge in [0, 0.05) is 36.0 Å². The molecular weight excluding hydrogens is 715 g/mol. The zero-order chi connectivity index (χ0) is 37.5. The summed E-state index contributed by atoms with van der Waals surface area (Å²) in [5.74, 6) is -2.43. The molecule has 2 fully saturated rings. The molecule has 0 aliphatic carbocycles. The molecule has 8 N–H and O–H groups in total. The van der Waals surface area contributed by atoms with Gasteiger partial charge in [-0.2, -0.15) is 26.3 Å². The smallest absolute Gasteiger partial charge is 0.405 e. The van der Waals surface area contributed by atoms with E-state index in [-0.39, 0.29) is 29.3 Å². The first-order valence-electron chi connectivity index (χ1n) is 15.2. The van der Waals surface area contributed by atoms with Gasteiger partial charge >= 0.3 is 22.4 Å². The van der Waals surface area contributed by atoms with Crippen molar-refractivity contribution in [3.63, 3.8) is 0 Å². The third-order valence-corrected chi connectivity index (χ3v) is 8.84. The predicted molar refractivity (Wildman–Crippen MR) is 165 cm³/mol. The lowest BCUT2D eigenvalue weighted by Gasteiger charge is -2.38. The molecule has 19 nitrogen and oxygen atoms in total. The number of aromatic nitrogens is 4. The second-order valence-corrected chi connectivity index (χ2v) is 13.1. The van der Waals surface area contributed by atoms with Crippen LogP contribution in [0.4, 0.5) is 19.0 Å². The SMILES string of the molecule is CCC(C)(Nc1ccnc(-c2cn(C3OC(C(=O)O)[C@H](O[C@H]4O[C@H](NS(=O)(=O)O)C[C@@H](O)[C@H]4O)[C@H]3O)c3ncccc23)n1)C(=O)NCC(F)(F)F. The van der Waals surface area contributed by atoms with Crippen molar-refractivity contribution < 1.29 is 70.4 Å². The average Bonchev–Trinajstić information content (AvgIpc) is 3.58. The molecule has 23 heteroatoms. The van der Waals surface area contributed by atoms with Crippen LogP contribution in [-0.2, 0) is 34.1 Å². The number of fused-ring (bicyclic) bond motifs is 1. The van der Waals surface area contributed by atoms with E-state index in [0.717, 1.165) is 0 Å². The first-order chi connectivity index (χ1) is 23.8. The number of aliphatic carboxylic acids is 1. The predicted octanol–water partition coefficient (Wildman–Crippen LogP) is -0.333. The number of carbonyl (C=O) groups is 2. The minimum Gasteiger partial charge on any atom is -0.479 e. The Hall–Kier alpha value is -4.07. The van der Waals surface area contributed by atoms with Crippen molar-refractivity contribution in [2.75, 3.05) is 11.9 Å². The lowest BCUT2D eigenvalue weighted by atomic mass is 9.97. The summed E-state index contributed by atoms with van der Waals surface area (Å²) < 4.78 is 89.4. The Morgan fingerprint density at radius 3 is 2.49 bits per heavy atom. The number of carboxylic acid groups (broad SMARTS) is 1. The second kappa shape index (κ2) is 14.5. The molecule has 3 unspecified atom stereocenters. The van der Waals surface area contributed by atoms with Crippen molar-refractivity contribution in [3.8, 4) is 11.4 Å². The second-order valence-electron chi connectivity index (χ2n) is 12.0. The maximum absolute atomic E-state index is 12.7. The number of ether oxygens (including phenoxy) is 3. The maximum Gasteiger partial charge on any atom is 0.405 e. The number of rotatable bonds is 12. The van der Waals surface area contributed by atoms with Crippen molar-refractivity contribution in [1.29, 1.82) is 0 Å². The molecule has 9 atom stereocenters. The quantitative estimate of drug-likeness (QED) is 0.110. The Labute approximate surface area is 286 Å². The third kappa shape index (κ3) is 8.53. The Morgan fingerprint density at radius 2 is 1.84 bits per heavy atom. The molecule has 3 aromatic heterocycles. The molecule has 1 amide bonds. The number of pyridine rings is 1. The highest BCUT2D eigenvalue weighted by atomic mass is 32.2. The van der Waals surface area contributed by atoms with Gasteiger partial charge in [-0.25, -0.2) is 19.7 Å². The van der Waals surface area contributed by atoms with E-state index in [2.05, 4.69) is 20.3 Å². The van der Waals surface area contributed by atoms with Gasteiger partial charge < -0.3 is 49.8 Å². The van der Waals surface area contributed by atoms with E-state index in [4.69, 9.17) is 18.8 Å². The number of amides is 1. The molecule has 0 aromatic carbocycles. The molecule has 280 valence electrons. The Balaban J connectivity index is 1.43. The van der Waals surface area contributed by atoms with E-state index in [0.29, 0.717) is 5.39 Å². The van der Waals surface area contributed by atoms with Gasteiger partial charge in [0.25, 0.3) is 0 Å². The number of anilines is 1. The zero-order valence-electron chi connectivity index (χ0n) is 26.6. The molecule has 0 spiro atoms. The highest BCUT2D eigenvalue weighted by molar-refractivity contribution is 7.83. The Bertz CT molecular complexity index is 1870. The van der Waals surface area contributed by atoms with Crippen LogP contribution in [0.2, 0.25) is 0 Å². The fraction of sp³-hybridized carbons (Fsp3) is 0.536. The molecule has 2 aliphatic heterocycles. The fourth-order valence-electron chi connectivity index (χ4n) is 5.55. The maximum atomic E-state index is 12.7. The molecule has 51 heavy (non-hydrogen) atoms. The van der Waals surface area contributed by atoms with E-state index < -0.39 is 96.1 Å². The van der Waals surface area contributed by atoms with Gasteiger partial charge in [0.1, 0.15) is 48.1 Å². The number of carbonyl (C=O) groups excluding carboxylic acids is 1.